The van der Waals surface area contributed by atoms with E-state index in [1.165, 1.54) is 6.20 Å². The number of ether oxygens (including phenoxy) is 1. The molecule has 1 aromatic rings. The fourth-order valence-corrected chi connectivity index (χ4v) is 1.48. The first-order valence-corrected chi connectivity index (χ1v) is 4.99. The molecule has 0 atom stereocenters. The largest absolute Gasteiger partial charge is 0.573 e. The van der Waals surface area contributed by atoms with E-state index >= 15 is 0 Å². The van der Waals surface area contributed by atoms with Crippen molar-refractivity contribution in [2.75, 3.05) is 11.4 Å². The molecule has 0 bridgehead atoms. The molecular formula is C11H9F3N2O2. The monoisotopic (exact) mass is 258 g/mol. The zero-order chi connectivity index (χ0) is 13.2. The van der Waals surface area contributed by atoms with Crippen molar-refractivity contribution in [3.05, 3.63) is 30.6 Å². The normalized spacial score (nSPS) is 14.9. The van der Waals surface area contributed by atoms with Crippen molar-refractivity contribution in [2.45, 2.75) is 6.36 Å². The molecule has 1 aromatic carbocycles. The van der Waals surface area contributed by atoms with Crippen LogP contribution >= 0.6 is 0 Å². The molecule has 4 nitrogen and oxygen atoms in total. The van der Waals surface area contributed by atoms with Crippen LogP contribution in [-0.4, -0.2) is 24.2 Å². The number of hydrogen-bond donors (Lipinski definition) is 1. The quantitative estimate of drug-likeness (QED) is 0.887. The van der Waals surface area contributed by atoms with Gasteiger partial charge in [-0.3, -0.25) is 4.99 Å². The Hall–Kier alpha value is -2.18. The van der Waals surface area contributed by atoms with Crippen LogP contribution in [0.1, 0.15) is 0 Å². The molecule has 1 aliphatic heterocycles. The summed E-state index contributed by atoms with van der Waals surface area (Å²) in [5.74, 6) is -0.518. The summed E-state index contributed by atoms with van der Waals surface area (Å²) in [5.41, 5.74) is 0.221. The van der Waals surface area contributed by atoms with Crippen LogP contribution in [0.2, 0.25) is 0 Å². The standard InChI is InChI=1S/C11H9F3N2O2/c12-11(13,14)18-8-1-2-10(17)9(7-8)16-5-3-15-4-6-16/h1-5,7,17H,6H2. The van der Waals surface area contributed by atoms with Crippen molar-refractivity contribution in [1.29, 1.82) is 0 Å². The Morgan fingerprint density at radius 1 is 1.33 bits per heavy atom. The van der Waals surface area contributed by atoms with Gasteiger partial charge in [0.25, 0.3) is 0 Å². The summed E-state index contributed by atoms with van der Waals surface area (Å²) >= 11 is 0. The summed E-state index contributed by atoms with van der Waals surface area (Å²) in [6.07, 6.45) is -0.170. The predicted octanol–water partition coefficient (Wildman–Crippen LogP) is 2.65. The lowest BCUT2D eigenvalue weighted by Crippen LogP contribution is -2.21. The first kappa shape index (κ1) is 12.3. The molecule has 0 unspecified atom stereocenters. The van der Waals surface area contributed by atoms with E-state index in [-0.39, 0.29) is 17.2 Å². The molecule has 0 fully saturated rings. The van der Waals surface area contributed by atoms with Gasteiger partial charge >= 0.3 is 6.36 Å². The molecule has 0 amide bonds. The highest BCUT2D eigenvalue weighted by Crippen LogP contribution is 2.34. The van der Waals surface area contributed by atoms with Gasteiger partial charge in [0.2, 0.25) is 0 Å². The van der Waals surface area contributed by atoms with Gasteiger partial charge in [0, 0.05) is 24.7 Å². The van der Waals surface area contributed by atoms with E-state index in [2.05, 4.69) is 9.73 Å². The Morgan fingerprint density at radius 3 is 2.72 bits per heavy atom. The Balaban J connectivity index is 2.27. The molecule has 96 valence electrons. The molecule has 18 heavy (non-hydrogen) atoms. The van der Waals surface area contributed by atoms with Gasteiger partial charge in [0.1, 0.15) is 11.5 Å². The van der Waals surface area contributed by atoms with Crippen LogP contribution < -0.4 is 9.64 Å². The topological polar surface area (TPSA) is 45.1 Å². The molecule has 1 heterocycles. The smallest absolute Gasteiger partial charge is 0.506 e. The lowest BCUT2D eigenvalue weighted by atomic mass is 10.2. The van der Waals surface area contributed by atoms with E-state index in [0.717, 1.165) is 18.2 Å². The Bertz CT molecular complexity index is 498. The molecule has 0 aromatic heterocycles. The van der Waals surface area contributed by atoms with Crippen LogP contribution in [-0.2, 0) is 0 Å². The van der Waals surface area contributed by atoms with Crippen LogP contribution in [0.25, 0.3) is 0 Å². The van der Waals surface area contributed by atoms with Crippen LogP contribution in [0.5, 0.6) is 11.5 Å². The van der Waals surface area contributed by atoms with Crippen molar-refractivity contribution in [3.63, 3.8) is 0 Å². The molecule has 0 aliphatic carbocycles. The maximum absolute atomic E-state index is 12.1. The Kier molecular flexibility index (Phi) is 3.14. The third-order valence-electron chi connectivity index (χ3n) is 2.21. The minimum atomic E-state index is -4.76. The minimum Gasteiger partial charge on any atom is -0.506 e. The zero-order valence-electron chi connectivity index (χ0n) is 9.05. The molecule has 2 rings (SSSR count). The summed E-state index contributed by atoms with van der Waals surface area (Å²) in [7, 11) is 0. The van der Waals surface area contributed by atoms with Crippen LogP contribution in [0.3, 0.4) is 0 Å². The maximum Gasteiger partial charge on any atom is 0.573 e. The average molecular weight is 258 g/mol. The Morgan fingerprint density at radius 2 is 2.11 bits per heavy atom. The van der Waals surface area contributed by atoms with Crippen molar-refractivity contribution in [1.82, 2.24) is 0 Å². The van der Waals surface area contributed by atoms with E-state index in [9.17, 15) is 18.3 Å². The highest BCUT2D eigenvalue weighted by molar-refractivity contribution is 5.73. The van der Waals surface area contributed by atoms with Crippen LogP contribution in [0, 0.1) is 0 Å². The number of nitrogens with zero attached hydrogens (tertiary/aromatic N) is 2. The molecule has 1 aliphatic rings. The number of hydrogen-bond acceptors (Lipinski definition) is 4. The molecule has 7 heteroatoms. The molecule has 1 N–H and O–H groups in total. The number of phenols is 1. The summed E-state index contributed by atoms with van der Waals surface area (Å²) in [5, 5.41) is 9.63. The van der Waals surface area contributed by atoms with Gasteiger partial charge in [0.05, 0.1) is 12.2 Å². The summed E-state index contributed by atoms with van der Waals surface area (Å²) < 4.78 is 40.0. The number of rotatable bonds is 2. The van der Waals surface area contributed by atoms with E-state index < -0.39 is 6.36 Å². The maximum atomic E-state index is 12.1. The van der Waals surface area contributed by atoms with E-state index in [0.29, 0.717) is 6.54 Å². The van der Waals surface area contributed by atoms with Crippen LogP contribution in [0.4, 0.5) is 18.9 Å². The SMILES string of the molecule is Oc1ccc(OC(F)(F)F)cc1N1C=CN=CC1. The van der Waals surface area contributed by atoms with Gasteiger partial charge in [-0.15, -0.1) is 13.2 Å². The second-order valence-corrected chi connectivity index (χ2v) is 3.48. The number of anilines is 1. The number of aliphatic imine (C=N–C) groups is 1. The second kappa shape index (κ2) is 4.59. The number of aromatic hydroxyl groups is 1. The van der Waals surface area contributed by atoms with E-state index in [1.54, 1.807) is 17.3 Å². The van der Waals surface area contributed by atoms with Gasteiger partial charge in [0.15, 0.2) is 0 Å². The second-order valence-electron chi connectivity index (χ2n) is 3.48. The molecule has 0 saturated heterocycles. The third-order valence-corrected chi connectivity index (χ3v) is 2.21. The molecule has 0 saturated carbocycles. The minimum absolute atomic E-state index is 0.135. The summed E-state index contributed by atoms with van der Waals surface area (Å²) in [4.78, 5) is 5.37. The van der Waals surface area contributed by atoms with Crippen LogP contribution in [0.15, 0.2) is 35.6 Å². The number of benzene rings is 1. The Labute approximate surface area is 101 Å². The van der Waals surface area contributed by atoms with Crippen molar-refractivity contribution < 1.29 is 23.0 Å². The van der Waals surface area contributed by atoms with Crippen molar-refractivity contribution in [3.8, 4) is 11.5 Å². The first-order valence-electron chi connectivity index (χ1n) is 4.99. The molecule has 0 radical (unpaired) electrons. The van der Waals surface area contributed by atoms with Gasteiger partial charge in [-0.1, -0.05) is 0 Å². The van der Waals surface area contributed by atoms with Gasteiger partial charge in [-0.05, 0) is 12.1 Å². The average Bonchev–Trinajstić information content (AvgIpc) is 2.31. The van der Waals surface area contributed by atoms with Gasteiger partial charge in [-0.25, -0.2) is 0 Å². The highest BCUT2D eigenvalue weighted by atomic mass is 19.4. The van der Waals surface area contributed by atoms with E-state index in [4.69, 9.17) is 0 Å². The summed E-state index contributed by atoms with van der Waals surface area (Å²) in [6.45, 7) is 0.361. The van der Waals surface area contributed by atoms with Gasteiger partial charge < -0.3 is 14.7 Å². The first-order chi connectivity index (χ1) is 8.46. The lowest BCUT2D eigenvalue weighted by molar-refractivity contribution is -0.274. The number of halogens is 3. The number of alkyl halides is 3. The highest BCUT2D eigenvalue weighted by Gasteiger charge is 2.31. The fourth-order valence-electron chi connectivity index (χ4n) is 1.48. The van der Waals surface area contributed by atoms with E-state index in [1.807, 2.05) is 0 Å². The third kappa shape index (κ3) is 2.93. The summed E-state index contributed by atoms with van der Waals surface area (Å²) in [6, 6.07) is 3.32. The zero-order valence-corrected chi connectivity index (χ0v) is 9.05. The number of phenolic OH excluding ortho intramolecular Hbond substituents is 1. The lowest BCUT2D eigenvalue weighted by Gasteiger charge is -2.21. The molecule has 0 spiro atoms. The molecular weight excluding hydrogens is 249 g/mol. The van der Waals surface area contributed by atoms with Crippen molar-refractivity contribution in [2.24, 2.45) is 4.99 Å². The van der Waals surface area contributed by atoms with Crippen molar-refractivity contribution >= 4 is 11.9 Å². The predicted molar refractivity (Wildman–Crippen MR) is 59.8 cm³/mol. The van der Waals surface area contributed by atoms with Gasteiger partial charge in [-0.2, -0.15) is 0 Å². The fraction of sp³-hybridized carbons (Fsp3) is 0.182.